The van der Waals surface area contributed by atoms with E-state index in [9.17, 15) is 19.5 Å². The summed E-state index contributed by atoms with van der Waals surface area (Å²) in [5, 5.41) is 13.9. The fourth-order valence-electron chi connectivity index (χ4n) is 8.23. The number of allylic oxidation sites excluding steroid dienone is 1. The average Bonchev–Trinajstić information content (AvgIpc) is 3.75. The lowest BCUT2D eigenvalue weighted by molar-refractivity contribution is -0.147. The maximum Gasteiger partial charge on any atom is 0.306 e. The molecule has 5 bridgehead atoms. The third-order valence-corrected chi connectivity index (χ3v) is 11.9. The van der Waals surface area contributed by atoms with Gasteiger partial charge in [-0.1, -0.05) is 78.7 Å². The lowest BCUT2D eigenvalue weighted by atomic mass is 9.74. The summed E-state index contributed by atoms with van der Waals surface area (Å²) in [5.41, 5.74) is 0.894. The summed E-state index contributed by atoms with van der Waals surface area (Å²) < 4.78 is 13.0. The van der Waals surface area contributed by atoms with Crippen molar-refractivity contribution in [2.24, 2.45) is 17.8 Å². The highest BCUT2D eigenvalue weighted by Crippen LogP contribution is 2.59. The van der Waals surface area contributed by atoms with E-state index >= 15 is 4.79 Å². The van der Waals surface area contributed by atoms with E-state index in [4.69, 9.17) is 9.47 Å². The van der Waals surface area contributed by atoms with E-state index in [0.717, 1.165) is 24.3 Å². The zero-order valence-electron chi connectivity index (χ0n) is 30.2. The van der Waals surface area contributed by atoms with Crippen molar-refractivity contribution >= 4 is 51.0 Å². The number of hydrogen-bond acceptors (Lipinski definition) is 8. The van der Waals surface area contributed by atoms with Crippen LogP contribution in [0, 0.1) is 17.8 Å². The largest absolute Gasteiger partial charge is 0.463 e. The van der Waals surface area contributed by atoms with E-state index in [1.165, 1.54) is 4.90 Å². The zero-order valence-corrected chi connectivity index (χ0v) is 31.8. The smallest absolute Gasteiger partial charge is 0.306 e. The molecule has 2 saturated heterocycles. The van der Waals surface area contributed by atoms with Gasteiger partial charge in [-0.3, -0.25) is 19.2 Å². The Balaban J connectivity index is 1.48. The number of ether oxygens (including phenoxy) is 2. The number of anilines is 2. The molecule has 8 atom stereocenters. The van der Waals surface area contributed by atoms with Gasteiger partial charge in [-0.2, -0.15) is 0 Å². The standard InChI is InChI=1S/C40H49BrN4O7/c1-5-25(4)31(23-46)45-36-39(50)44(28-19-17-27(18-20-28)43(6-2)7-3)21-13-9-12-16-32(47)51-24-30(26-14-10-8-11-15-26)42-37(48)33-34(38(45)49)40(36)22-29(41)35(33)52-40/h8-11,13-15,17-20,22,25,30-31,33-36,46H,5-7,12,16,21,23-24H2,1-4H3,(H,42,48)/b13-9-/t25-,30+,31-,33+,34-,35+,36+,40-/m0/s1. The van der Waals surface area contributed by atoms with Crippen LogP contribution in [-0.4, -0.2) is 90.3 Å². The number of amides is 3. The van der Waals surface area contributed by atoms with Crippen LogP contribution >= 0.6 is 15.9 Å². The van der Waals surface area contributed by atoms with Crippen LogP contribution in [0.3, 0.4) is 0 Å². The Hall–Kier alpha value is -4.00. The second-order valence-electron chi connectivity index (χ2n) is 14.0. The van der Waals surface area contributed by atoms with Gasteiger partial charge in [0.2, 0.25) is 11.8 Å². The minimum atomic E-state index is -1.48. The molecule has 0 unspecified atom stereocenters. The average molecular weight is 778 g/mol. The predicted molar refractivity (Wildman–Crippen MR) is 202 cm³/mol. The van der Waals surface area contributed by atoms with Crippen molar-refractivity contribution < 1.29 is 33.8 Å². The van der Waals surface area contributed by atoms with E-state index in [-0.39, 0.29) is 38.0 Å². The molecule has 278 valence electrons. The molecule has 2 aromatic carbocycles. The van der Waals surface area contributed by atoms with Crippen molar-refractivity contribution in [3.05, 3.63) is 82.9 Å². The first kappa shape index (κ1) is 37.7. The van der Waals surface area contributed by atoms with Crippen LogP contribution in [0.5, 0.6) is 0 Å². The van der Waals surface area contributed by atoms with Crippen LogP contribution in [0.15, 0.2) is 77.3 Å². The van der Waals surface area contributed by atoms with Crippen LogP contribution in [0.4, 0.5) is 11.4 Å². The number of nitrogens with zero attached hydrogens (tertiary/aromatic N) is 3. The molecule has 3 amide bonds. The van der Waals surface area contributed by atoms with Crippen molar-refractivity contribution in [1.29, 1.82) is 0 Å². The zero-order chi connectivity index (χ0) is 37.2. The van der Waals surface area contributed by atoms with Crippen molar-refractivity contribution in [2.45, 2.75) is 76.8 Å². The summed E-state index contributed by atoms with van der Waals surface area (Å²) in [5.74, 6) is -3.86. The molecule has 2 N–H and O–H groups in total. The van der Waals surface area contributed by atoms with Gasteiger partial charge in [0, 0.05) is 41.9 Å². The number of rotatable bonds is 9. The van der Waals surface area contributed by atoms with Crippen molar-refractivity contribution in [3.63, 3.8) is 0 Å². The molecule has 12 heteroatoms. The van der Waals surface area contributed by atoms with Crippen molar-refractivity contribution in [3.8, 4) is 0 Å². The van der Waals surface area contributed by atoms with Gasteiger partial charge in [0.25, 0.3) is 5.91 Å². The molecule has 1 spiro atoms. The Bertz CT molecular complexity index is 1700. The first-order valence-electron chi connectivity index (χ1n) is 18.4. The number of cyclic esters (lactones) is 1. The van der Waals surface area contributed by atoms with Crippen LogP contribution in [0.2, 0.25) is 0 Å². The number of aliphatic hydroxyl groups is 1. The molecule has 4 aliphatic heterocycles. The maximum absolute atomic E-state index is 15.3. The number of likely N-dealkylation sites (tertiary alicyclic amines) is 1. The Morgan fingerprint density at radius 1 is 1.00 bits per heavy atom. The highest BCUT2D eigenvalue weighted by Gasteiger charge is 2.75. The Kier molecular flexibility index (Phi) is 11.6. The number of fused-ring (bicyclic) bond motifs is 2. The highest BCUT2D eigenvalue weighted by molar-refractivity contribution is 9.11. The predicted octanol–water partition coefficient (Wildman–Crippen LogP) is 4.90. The molecule has 0 radical (unpaired) electrons. The van der Waals surface area contributed by atoms with Gasteiger partial charge in [-0.25, -0.2) is 0 Å². The first-order valence-corrected chi connectivity index (χ1v) is 19.2. The molecule has 0 saturated carbocycles. The molecule has 11 nitrogen and oxygen atoms in total. The molecular weight excluding hydrogens is 728 g/mol. The summed E-state index contributed by atoms with van der Waals surface area (Å²) in [4.78, 5) is 62.9. The summed E-state index contributed by atoms with van der Waals surface area (Å²) in [7, 11) is 0. The van der Waals surface area contributed by atoms with Crippen LogP contribution in [0.25, 0.3) is 0 Å². The van der Waals surface area contributed by atoms with Crippen LogP contribution in [-0.2, 0) is 28.7 Å². The maximum atomic E-state index is 15.3. The van der Waals surface area contributed by atoms with Gasteiger partial charge < -0.3 is 34.6 Å². The van der Waals surface area contributed by atoms with Gasteiger partial charge in [-0.15, -0.1) is 0 Å². The first-order chi connectivity index (χ1) is 25.1. The number of esters is 1. The van der Waals surface area contributed by atoms with Crippen LogP contribution < -0.4 is 15.1 Å². The fraction of sp³-hybridized carbons (Fsp3) is 0.500. The van der Waals surface area contributed by atoms with Crippen molar-refractivity contribution in [1.82, 2.24) is 10.2 Å². The van der Waals surface area contributed by atoms with E-state index in [1.807, 2.05) is 80.6 Å². The normalized spacial score (nSPS) is 29.7. The van der Waals surface area contributed by atoms with Gasteiger partial charge in [0.15, 0.2) is 0 Å². The third kappa shape index (κ3) is 6.80. The summed E-state index contributed by atoms with van der Waals surface area (Å²) in [6, 6.07) is 14.4. The summed E-state index contributed by atoms with van der Waals surface area (Å²) in [6.07, 6.45) is 5.82. The molecule has 2 aromatic rings. The van der Waals surface area contributed by atoms with Gasteiger partial charge >= 0.3 is 5.97 Å². The number of carbonyl (C=O) groups excluding carboxylic acids is 4. The highest BCUT2D eigenvalue weighted by atomic mass is 79.9. The molecule has 52 heavy (non-hydrogen) atoms. The summed E-state index contributed by atoms with van der Waals surface area (Å²) in [6.45, 7) is 9.45. The third-order valence-electron chi connectivity index (χ3n) is 11.2. The molecule has 4 aliphatic rings. The monoisotopic (exact) mass is 776 g/mol. The number of nitrogens with one attached hydrogen (secondary N) is 1. The van der Waals surface area contributed by atoms with E-state index < -0.39 is 59.5 Å². The quantitative estimate of drug-likeness (QED) is 0.272. The second-order valence-corrected chi connectivity index (χ2v) is 14.9. The number of carbonyl (C=O) groups is 4. The molecule has 4 heterocycles. The summed E-state index contributed by atoms with van der Waals surface area (Å²) >= 11 is 3.64. The Morgan fingerprint density at radius 2 is 1.71 bits per heavy atom. The number of benzene rings is 2. The lowest BCUT2D eigenvalue weighted by Gasteiger charge is -2.40. The molecule has 0 aliphatic carbocycles. The SMILES string of the molecule is CC[C@H](C)[C@H](CO)N1C(=O)[C@@H]2[C@H]3C(=O)N[C@@H](c4ccccc4)COC(=O)CC/C=C\CN(c4ccc(N(CC)CC)cc4)C(=O)[C@@H]1[C@]21C=C(Br)[C@H]3O1. The van der Waals surface area contributed by atoms with E-state index in [0.29, 0.717) is 23.0 Å². The fourth-order valence-corrected chi connectivity index (χ4v) is 8.97. The lowest BCUT2D eigenvalue weighted by Crippen LogP contribution is -2.59. The van der Waals surface area contributed by atoms with Crippen LogP contribution in [0.1, 0.15) is 58.6 Å². The van der Waals surface area contributed by atoms with E-state index in [1.54, 1.807) is 11.0 Å². The molecule has 6 rings (SSSR count). The van der Waals surface area contributed by atoms with Gasteiger partial charge in [-0.05, 0) is 62.1 Å². The molecular formula is C40H49BrN4O7. The second kappa shape index (κ2) is 15.9. The van der Waals surface area contributed by atoms with Gasteiger partial charge in [0.05, 0.1) is 30.5 Å². The van der Waals surface area contributed by atoms with E-state index in [2.05, 4.69) is 40.0 Å². The molecule has 2 fully saturated rings. The topological polar surface area (TPSA) is 129 Å². The minimum absolute atomic E-state index is 0.0948. The Labute approximate surface area is 314 Å². The Morgan fingerprint density at radius 3 is 2.37 bits per heavy atom. The minimum Gasteiger partial charge on any atom is -0.463 e. The van der Waals surface area contributed by atoms with Gasteiger partial charge in [0.1, 0.15) is 24.4 Å². The van der Waals surface area contributed by atoms with Crippen molar-refractivity contribution in [2.75, 3.05) is 42.6 Å². The number of aliphatic hydroxyl groups excluding tert-OH is 1. The molecule has 0 aromatic heterocycles. The number of hydrogen-bond donors (Lipinski definition) is 2. The number of halogens is 1.